The molecule has 2 rings (SSSR count). The monoisotopic (exact) mass is 258 g/mol. The van der Waals surface area contributed by atoms with Gasteiger partial charge in [-0.3, -0.25) is 4.79 Å². The molecule has 18 heavy (non-hydrogen) atoms. The summed E-state index contributed by atoms with van der Waals surface area (Å²) in [5.41, 5.74) is -0.374. The Hall–Kier alpha value is -1.58. The van der Waals surface area contributed by atoms with Gasteiger partial charge in [-0.1, -0.05) is 48.5 Å². The lowest BCUT2D eigenvalue weighted by molar-refractivity contribution is -0.121. The lowest BCUT2D eigenvalue weighted by atomic mass is 9.88. The van der Waals surface area contributed by atoms with E-state index < -0.39 is 5.60 Å². The fourth-order valence-corrected chi connectivity index (χ4v) is 2.60. The van der Waals surface area contributed by atoms with Crippen LogP contribution < -0.4 is 0 Å². The summed E-state index contributed by atoms with van der Waals surface area (Å²) < 4.78 is 0. The van der Waals surface area contributed by atoms with Crippen molar-refractivity contribution in [2.75, 3.05) is 6.26 Å². The minimum atomic E-state index is -1.58. The Labute approximate surface area is 111 Å². The van der Waals surface area contributed by atoms with E-state index in [0.29, 0.717) is 17.4 Å². The third kappa shape index (κ3) is 2.19. The Balaban J connectivity index is 2.60. The molecule has 0 bridgehead atoms. The molecule has 92 valence electrons. The molecule has 2 nitrogen and oxygen atoms in total. The second kappa shape index (κ2) is 5.38. The Morgan fingerprint density at radius 2 is 1.67 bits per heavy atom. The fourth-order valence-electron chi connectivity index (χ4n) is 1.94. The Bertz CT molecular complexity index is 539. The van der Waals surface area contributed by atoms with Gasteiger partial charge in [0.25, 0.3) is 0 Å². The summed E-state index contributed by atoms with van der Waals surface area (Å²) in [6.07, 6.45) is 2.52. The zero-order chi connectivity index (χ0) is 13.0. The zero-order valence-electron chi connectivity index (χ0n) is 10.0. The van der Waals surface area contributed by atoms with Gasteiger partial charge in [-0.05, 0) is 17.9 Å². The molecule has 1 atom stereocenters. The standard InChI is InChI=1S/C15H14O2S/c1-18-14-10-6-5-9-13(14)15(17,11-16)12-7-3-2-4-8-12/h2-11,17H,1H3. The van der Waals surface area contributed by atoms with Gasteiger partial charge in [0, 0.05) is 10.5 Å². The number of carbonyl (C=O) groups excluding carboxylic acids is 1. The second-order valence-corrected chi connectivity index (χ2v) is 4.80. The van der Waals surface area contributed by atoms with Crippen LogP contribution >= 0.6 is 11.8 Å². The van der Waals surface area contributed by atoms with Crippen LogP contribution in [0.25, 0.3) is 0 Å². The van der Waals surface area contributed by atoms with Crippen LogP contribution in [0.15, 0.2) is 59.5 Å². The molecule has 0 saturated heterocycles. The van der Waals surface area contributed by atoms with E-state index >= 15 is 0 Å². The molecule has 0 spiro atoms. The molecule has 0 aliphatic heterocycles. The van der Waals surface area contributed by atoms with Gasteiger partial charge in [-0.15, -0.1) is 11.8 Å². The fraction of sp³-hybridized carbons (Fsp3) is 0.133. The lowest BCUT2D eigenvalue weighted by Crippen LogP contribution is -2.29. The molecule has 1 N–H and O–H groups in total. The summed E-state index contributed by atoms with van der Waals surface area (Å²) >= 11 is 1.51. The van der Waals surface area contributed by atoms with Crippen molar-refractivity contribution in [2.45, 2.75) is 10.5 Å². The smallest absolute Gasteiger partial charge is 0.171 e. The number of hydrogen-bond donors (Lipinski definition) is 1. The third-order valence-electron chi connectivity index (χ3n) is 2.90. The van der Waals surface area contributed by atoms with Crippen LogP contribution in [0, 0.1) is 0 Å². The molecular formula is C15H14O2S. The largest absolute Gasteiger partial charge is 0.373 e. The maximum Gasteiger partial charge on any atom is 0.171 e. The average Bonchev–Trinajstić information content (AvgIpc) is 2.47. The van der Waals surface area contributed by atoms with E-state index in [1.54, 1.807) is 18.2 Å². The van der Waals surface area contributed by atoms with Crippen LogP contribution in [0.4, 0.5) is 0 Å². The molecule has 1 unspecified atom stereocenters. The minimum Gasteiger partial charge on any atom is -0.373 e. The van der Waals surface area contributed by atoms with Gasteiger partial charge in [-0.2, -0.15) is 0 Å². The van der Waals surface area contributed by atoms with Gasteiger partial charge in [0.2, 0.25) is 0 Å². The summed E-state index contributed by atoms with van der Waals surface area (Å²) in [5.74, 6) is 0. The number of benzene rings is 2. The van der Waals surface area contributed by atoms with Crippen molar-refractivity contribution in [3.05, 3.63) is 65.7 Å². The number of aldehydes is 1. The number of thioether (sulfide) groups is 1. The molecule has 0 heterocycles. The predicted molar refractivity (Wildman–Crippen MR) is 73.7 cm³/mol. The highest BCUT2D eigenvalue weighted by atomic mass is 32.2. The molecule has 0 amide bonds. The number of carbonyl (C=O) groups is 1. The van der Waals surface area contributed by atoms with Crippen molar-refractivity contribution < 1.29 is 9.90 Å². The highest BCUT2D eigenvalue weighted by molar-refractivity contribution is 7.98. The zero-order valence-corrected chi connectivity index (χ0v) is 10.9. The van der Waals surface area contributed by atoms with Gasteiger partial charge in [-0.25, -0.2) is 0 Å². The molecule has 0 radical (unpaired) electrons. The van der Waals surface area contributed by atoms with E-state index in [2.05, 4.69) is 0 Å². The van der Waals surface area contributed by atoms with E-state index in [4.69, 9.17) is 0 Å². The average molecular weight is 258 g/mol. The van der Waals surface area contributed by atoms with Crippen molar-refractivity contribution in [3.8, 4) is 0 Å². The number of rotatable bonds is 4. The lowest BCUT2D eigenvalue weighted by Gasteiger charge is -2.24. The van der Waals surface area contributed by atoms with E-state index in [1.807, 2.05) is 42.7 Å². The normalized spacial score (nSPS) is 13.9. The first-order valence-electron chi connectivity index (χ1n) is 5.60. The topological polar surface area (TPSA) is 37.3 Å². The van der Waals surface area contributed by atoms with Gasteiger partial charge >= 0.3 is 0 Å². The Morgan fingerprint density at radius 3 is 2.28 bits per heavy atom. The first kappa shape index (κ1) is 12.9. The van der Waals surface area contributed by atoms with Crippen LogP contribution in [0.5, 0.6) is 0 Å². The molecule has 0 saturated carbocycles. The van der Waals surface area contributed by atoms with Crippen molar-refractivity contribution in [2.24, 2.45) is 0 Å². The molecule has 0 aliphatic rings. The van der Waals surface area contributed by atoms with Crippen molar-refractivity contribution >= 4 is 18.0 Å². The van der Waals surface area contributed by atoms with E-state index in [0.717, 1.165) is 4.90 Å². The quantitative estimate of drug-likeness (QED) is 0.677. The first-order chi connectivity index (χ1) is 8.72. The molecule has 2 aromatic rings. The van der Waals surface area contributed by atoms with Gasteiger partial charge in [0.05, 0.1) is 0 Å². The number of aliphatic hydroxyl groups is 1. The highest BCUT2D eigenvalue weighted by Gasteiger charge is 2.32. The Kier molecular flexibility index (Phi) is 3.84. The molecule has 2 aromatic carbocycles. The first-order valence-corrected chi connectivity index (χ1v) is 6.82. The third-order valence-corrected chi connectivity index (χ3v) is 3.70. The van der Waals surface area contributed by atoms with Crippen LogP contribution in [-0.2, 0) is 10.4 Å². The molecule has 3 heteroatoms. The van der Waals surface area contributed by atoms with Crippen LogP contribution in [0.2, 0.25) is 0 Å². The van der Waals surface area contributed by atoms with E-state index in [-0.39, 0.29) is 0 Å². The minimum absolute atomic E-state index is 0.585. The van der Waals surface area contributed by atoms with Crippen molar-refractivity contribution in [1.29, 1.82) is 0 Å². The van der Waals surface area contributed by atoms with Gasteiger partial charge in [0.15, 0.2) is 11.9 Å². The second-order valence-electron chi connectivity index (χ2n) is 3.95. The molecule has 0 aliphatic carbocycles. The molecule has 0 aromatic heterocycles. The SMILES string of the molecule is CSc1ccccc1C(O)(C=O)c1ccccc1. The summed E-state index contributed by atoms with van der Waals surface area (Å²) in [6.45, 7) is 0. The summed E-state index contributed by atoms with van der Waals surface area (Å²) in [4.78, 5) is 12.3. The summed E-state index contributed by atoms with van der Waals surface area (Å²) in [7, 11) is 0. The van der Waals surface area contributed by atoms with Crippen LogP contribution in [0.1, 0.15) is 11.1 Å². The van der Waals surface area contributed by atoms with E-state index in [9.17, 15) is 9.90 Å². The highest BCUT2D eigenvalue weighted by Crippen LogP contribution is 2.33. The van der Waals surface area contributed by atoms with E-state index in [1.165, 1.54) is 11.8 Å². The van der Waals surface area contributed by atoms with Gasteiger partial charge < -0.3 is 5.11 Å². The van der Waals surface area contributed by atoms with Crippen molar-refractivity contribution in [3.63, 3.8) is 0 Å². The maximum absolute atomic E-state index is 11.4. The molecule has 0 fully saturated rings. The predicted octanol–water partition coefficient (Wildman–Crippen LogP) is 2.84. The summed E-state index contributed by atoms with van der Waals surface area (Å²) in [6, 6.07) is 16.4. The summed E-state index contributed by atoms with van der Waals surface area (Å²) in [5, 5.41) is 10.7. The maximum atomic E-state index is 11.4. The molecular weight excluding hydrogens is 244 g/mol. The Morgan fingerprint density at radius 1 is 1.06 bits per heavy atom. The van der Waals surface area contributed by atoms with Crippen molar-refractivity contribution in [1.82, 2.24) is 0 Å². The van der Waals surface area contributed by atoms with Crippen LogP contribution in [-0.4, -0.2) is 17.6 Å². The van der Waals surface area contributed by atoms with Gasteiger partial charge in [0.1, 0.15) is 0 Å². The van der Waals surface area contributed by atoms with Crippen LogP contribution in [0.3, 0.4) is 0 Å². The number of hydrogen-bond acceptors (Lipinski definition) is 3.